The van der Waals surface area contributed by atoms with Crippen LogP contribution in [-0.4, -0.2) is 61.2 Å². The molecule has 3 unspecified atom stereocenters. The summed E-state index contributed by atoms with van der Waals surface area (Å²) in [5.41, 5.74) is -1.15. The van der Waals surface area contributed by atoms with Gasteiger partial charge in [0.1, 0.15) is 5.82 Å². The van der Waals surface area contributed by atoms with Crippen LogP contribution in [-0.2, 0) is 10.4 Å². The summed E-state index contributed by atoms with van der Waals surface area (Å²) in [5, 5.41) is 21.1. The summed E-state index contributed by atoms with van der Waals surface area (Å²) in [4.78, 5) is 26.4. The predicted octanol–water partition coefficient (Wildman–Crippen LogP) is 3.91. The van der Waals surface area contributed by atoms with Crippen LogP contribution in [0.2, 0.25) is 0 Å². The maximum absolute atomic E-state index is 14.9. The Hall–Kier alpha value is -2.19. The molecule has 2 aliphatic rings. The van der Waals surface area contributed by atoms with Crippen LogP contribution >= 0.6 is 0 Å². The molecule has 0 radical (unpaired) electrons. The predicted molar refractivity (Wildman–Crippen MR) is 140 cm³/mol. The van der Waals surface area contributed by atoms with Crippen LogP contribution in [0.1, 0.15) is 76.7 Å². The van der Waals surface area contributed by atoms with Crippen molar-refractivity contribution in [2.24, 2.45) is 11.8 Å². The maximum Gasteiger partial charge on any atom is 0.317 e. The first-order valence-electron chi connectivity index (χ1n) is 13.7. The van der Waals surface area contributed by atoms with Crippen molar-refractivity contribution in [2.75, 3.05) is 33.2 Å². The Balaban J connectivity index is 1.69. The molecule has 2 fully saturated rings. The number of halogens is 1. The minimum absolute atomic E-state index is 0.0640. The lowest BCUT2D eigenvalue weighted by Crippen LogP contribution is -2.54. The van der Waals surface area contributed by atoms with Crippen molar-refractivity contribution < 1.29 is 19.1 Å². The van der Waals surface area contributed by atoms with Crippen LogP contribution in [0.4, 0.5) is 9.18 Å². The number of benzene rings is 1. The molecule has 0 spiro atoms. The van der Waals surface area contributed by atoms with E-state index >= 15 is 0 Å². The van der Waals surface area contributed by atoms with Gasteiger partial charge in [-0.25, -0.2) is 9.18 Å². The van der Waals surface area contributed by atoms with Gasteiger partial charge in [-0.1, -0.05) is 50.3 Å². The first kappa shape index (κ1) is 28.4. The third-order valence-electron chi connectivity index (χ3n) is 7.95. The number of amides is 3. The highest BCUT2D eigenvalue weighted by molar-refractivity contribution is 5.74. The molecule has 3 rings (SSSR count). The molecule has 1 saturated carbocycles. The van der Waals surface area contributed by atoms with Gasteiger partial charge in [0.05, 0.1) is 5.60 Å². The van der Waals surface area contributed by atoms with Crippen molar-refractivity contribution in [1.29, 1.82) is 0 Å². The standard InChI is InChI=1S/C28H45FN4O3/c1-21(34)31-16-9-15-28(36,25-13-6-7-14-26(25)29)23-12-8-17-33(20-23)27(35)32-24(19-30-2)18-22-10-4-3-5-11-22/h6-7,13-14,22-24,30,36H,3-5,8-12,15-20H2,1-2H3,(H,31,34)(H,32,35). The molecule has 202 valence electrons. The molecule has 7 nitrogen and oxygen atoms in total. The van der Waals surface area contributed by atoms with E-state index in [9.17, 15) is 19.1 Å². The number of piperidine rings is 1. The average molecular weight is 505 g/mol. The zero-order chi connectivity index (χ0) is 26.0. The Morgan fingerprint density at radius 2 is 1.92 bits per heavy atom. The van der Waals surface area contributed by atoms with Gasteiger partial charge in [0.25, 0.3) is 0 Å². The van der Waals surface area contributed by atoms with Crippen LogP contribution in [0.25, 0.3) is 0 Å². The summed E-state index contributed by atoms with van der Waals surface area (Å²) in [6.07, 6.45) is 9.57. The summed E-state index contributed by atoms with van der Waals surface area (Å²) in [7, 11) is 1.91. The Morgan fingerprint density at radius 3 is 2.61 bits per heavy atom. The number of carbonyl (C=O) groups is 2. The Kier molecular flexibility index (Phi) is 11.0. The summed E-state index contributed by atoms with van der Waals surface area (Å²) < 4.78 is 14.9. The normalized spacial score (nSPS) is 21.4. The first-order chi connectivity index (χ1) is 17.3. The summed E-state index contributed by atoms with van der Waals surface area (Å²) >= 11 is 0. The largest absolute Gasteiger partial charge is 0.385 e. The molecule has 8 heteroatoms. The van der Waals surface area contributed by atoms with E-state index in [0.29, 0.717) is 44.8 Å². The van der Waals surface area contributed by atoms with Gasteiger partial charge in [0, 0.05) is 50.6 Å². The van der Waals surface area contributed by atoms with E-state index in [0.717, 1.165) is 19.4 Å². The molecule has 1 aliphatic carbocycles. The monoisotopic (exact) mass is 504 g/mol. The van der Waals surface area contributed by atoms with Crippen molar-refractivity contribution in [3.63, 3.8) is 0 Å². The van der Waals surface area contributed by atoms with E-state index in [2.05, 4.69) is 16.0 Å². The SMILES string of the molecule is CNCC(CC1CCCCC1)NC(=O)N1CCCC(C(O)(CCCNC(C)=O)c2ccccc2F)C1. The van der Waals surface area contributed by atoms with Gasteiger partial charge in [-0.2, -0.15) is 0 Å². The van der Waals surface area contributed by atoms with Crippen molar-refractivity contribution in [3.05, 3.63) is 35.6 Å². The number of nitrogens with zero attached hydrogens (tertiary/aromatic N) is 1. The lowest BCUT2D eigenvalue weighted by Gasteiger charge is -2.43. The summed E-state index contributed by atoms with van der Waals surface area (Å²) in [6.45, 7) is 3.58. The highest BCUT2D eigenvalue weighted by Gasteiger charge is 2.42. The number of rotatable bonds is 11. The molecule has 4 N–H and O–H groups in total. The lowest BCUT2D eigenvalue weighted by atomic mass is 9.74. The zero-order valence-electron chi connectivity index (χ0n) is 22.0. The van der Waals surface area contributed by atoms with Crippen LogP contribution < -0.4 is 16.0 Å². The number of likely N-dealkylation sites (tertiary alicyclic amines) is 1. The molecule has 3 amide bonds. The van der Waals surface area contributed by atoms with Crippen LogP contribution in [0.3, 0.4) is 0 Å². The number of nitrogens with one attached hydrogen (secondary N) is 3. The van der Waals surface area contributed by atoms with Gasteiger partial charge in [0.2, 0.25) is 5.91 Å². The number of urea groups is 1. The first-order valence-corrected chi connectivity index (χ1v) is 13.7. The number of likely N-dealkylation sites (N-methyl/N-ethyl adjacent to an activating group) is 1. The van der Waals surface area contributed by atoms with Gasteiger partial charge in [0.15, 0.2) is 0 Å². The smallest absolute Gasteiger partial charge is 0.317 e. The fourth-order valence-electron chi connectivity index (χ4n) is 6.08. The number of aliphatic hydroxyl groups is 1. The molecule has 1 aromatic rings. The molecule has 1 saturated heterocycles. The third-order valence-corrected chi connectivity index (χ3v) is 7.95. The minimum Gasteiger partial charge on any atom is -0.385 e. The molecule has 1 aromatic carbocycles. The second-order valence-corrected chi connectivity index (χ2v) is 10.7. The molecule has 0 bridgehead atoms. The Morgan fingerprint density at radius 1 is 1.17 bits per heavy atom. The topological polar surface area (TPSA) is 93.7 Å². The van der Waals surface area contributed by atoms with E-state index in [-0.39, 0.29) is 29.5 Å². The molecular formula is C28H45FN4O3. The van der Waals surface area contributed by atoms with Crippen molar-refractivity contribution in [1.82, 2.24) is 20.9 Å². The molecule has 3 atom stereocenters. The second kappa shape index (κ2) is 13.9. The molecule has 0 aromatic heterocycles. The average Bonchev–Trinajstić information content (AvgIpc) is 2.87. The van der Waals surface area contributed by atoms with E-state index in [1.807, 2.05) is 7.05 Å². The summed E-state index contributed by atoms with van der Waals surface area (Å²) in [5.74, 6) is -0.217. The van der Waals surface area contributed by atoms with Gasteiger partial charge in [-0.05, 0) is 51.1 Å². The maximum atomic E-state index is 14.9. The fourth-order valence-corrected chi connectivity index (χ4v) is 6.08. The number of hydrogen-bond acceptors (Lipinski definition) is 4. The van der Waals surface area contributed by atoms with Crippen LogP contribution in [0.15, 0.2) is 24.3 Å². The Labute approximate surface area is 215 Å². The molecular weight excluding hydrogens is 459 g/mol. The van der Waals surface area contributed by atoms with Gasteiger partial charge >= 0.3 is 6.03 Å². The van der Waals surface area contributed by atoms with E-state index < -0.39 is 11.4 Å². The van der Waals surface area contributed by atoms with Gasteiger partial charge in [-0.3, -0.25) is 4.79 Å². The number of carbonyl (C=O) groups excluding carboxylic acids is 2. The third kappa shape index (κ3) is 7.90. The minimum atomic E-state index is -1.42. The molecule has 1 heterocycles. The quantitative estimate of drug-likeness (QED) is 0.344. The van der Waals surface area contributed by atoms with E-state index in [1.54, 1.807) is 23.1 Å². The zero-order valence-corrected chi connectivity index (χ0v) is 22.0. The van der Waals surface area contributed by atoms with Crippen molar-refractivity contribution in [3.8, 4) is 0 Å². The number of hydrogen-bond donors (Lipinski definition) is 4. The van der Waals surface area contributed by atoms with Crippen LogP contribution in [0, 0.1) is 17.7 Å². The summed E-state index contributed by atoms with van der Waals surface area (Å²) in [6, 6.07) is 6.32. The Bertz CT molecular complexity index is 848. The van der Waals surface area contributed by atoms with Gasteiger partial charge in [-0.15, -0.1) is 0 Å². The van der Waals surface area contributed by atoms with Crippen molar-refractivity contribution >= 4 is 11.9 Å². The van der Waals surface area contributed by atoms with Crippen molar-refractivity contribution in [2.45, 2.75) is 82.8 Å². The second-order valence-electron chi connectivity index (χ2n) is 10.7. The van der Waals surface area contributed by atoms with Gasteiger partial charge < -0.3 is 26.0 Å². The van der Waals surface area contributed by atoms with E-state index in [1.165, 1.54) is 45.1 Å². The van der Waals surface area contributed by atoms with E-state index in [4.69, 9.17) is 0 Å². The van der Waals surface area contributed by atoms with Crippen LogP contribution in [0.5, 0.6) is 0 Å². The highest BCUT2D eigenvalue weighted by Crippen LogP contribution is 2.40. The highest BCUT2D eigenvalue weighted by atomic mass is 19.1. The lowest BCUT2D eigenvalue weighted by molar-refractivity contribution is -0.119. The molecule has 1 aliphatic heterocycles. The molecule has 36 heavy (non-hydrogen) atoms. The fraction of sp³-hybridized carbons (Fsp3) is 0.714.